The van der Waals surface area contributed by atoms with Gasteiger partial charge >= 0.3 is 17.9 Å². The van der Waals surface area contributed by atoms with E-state index in [0.717, 1.165) is 19.3 Å². The maximum absolute atomic E-state index is 12.2. The number of carbonyl (C=O) groups is 3. The number of ether oxygens (including phenoxy) is 2. The fourth-order valence-corrected chi connectivity index (χ4v) is 4.43. The lowest BCUT2D eigenvalue weighted by atomic mass is 9.51. The summed E-state index contributed by atoms with van der Waals surface area (Å²) >= 11 is 0. The summed E-state index contributed by atoms with van der Waals surface area (Å²) < 4.78 is 10.3. The Morgan fingerprint density at radius 2 is 2.10 bits per heavy atom. The van der Waals surface area contributed by atoms with Crippen molar-refractivity contribution in [3.63, 3.8) is 0 Å². The molecule has 0 aromatic carbocycles. The van der Waals surface area contributed by atoms with Crippen LogP contribution in [0.25, 0.3) is 0 Å². The molecule has 0 N–H and O–H groups in total. The molecule has 5 nitrogen and oxygen atoms in total. The van der Waals surface area contributed by atoms with Crippen LogP contribution in [0, 0.1) is 23.2 Å². The second-order valence-electron chi connectivity index (χ2n) is 6.24. The van der Waals surface area contributed by atoms with Gasteiger partial charge in [-0.25, -0.2) is 4.79 Å². The van der Waals surface area contributed by atoms with E-state index in [-0.39, 0.29) is 11.9 Å². The molecule has 0 aromatic rings. The number of esters is 3. The van der Waals surface area contributed by atoms with Gasteiger partial charge < -0.3 is 9.47 Å². The van der Waals surface area contributed by atoms with Crippen molar-refractivity contribution in [1.82, 2.24) is 0 Å². The van der Waals surface area contributed by atoms with Gasteiger partial charge in [0.15, 0.2) is 0 Å². The second-order valence-corrected chi connectivity index (χ2v) is 6.24. The predicted molar refractivity (Wildman–Crippen MR) is 70.4 cm³/mol. The molecule has 1 saturated carbocycles. The fraction of sp³-hybridized carbons (Fsp3) is 0.562. The first-order valence-electron chi connectivity index (χ1n) is 7.50. The topological polar surface area (TPSA) is 69.7 Å². The van der Waals surface area contributed by atoms with Crippen LogP contribution in [0.15, 0.2) is 23.5 Å². The Labute approximate surface area is 122 Å². The van der Waals surface area contributed by atoms with Crippen LogP contribution >= 0.6 is 0 Å². The molecule has 5 rings (SSSR count). The Morgan fingerprint density at radius 3 is 2.86 bits per heavy atom. The van der Waals surface area contributed by atoms with Gasteiger partial charge in [0.25, 0.3) is 0 Å². The fourth-order valence-electron chi connectivity index (χ4n) is 4.43. The molecule has 2 heterocycles. The molecule has 5 heteroatoms. The lowest BCUT2D eigenvalue weighted by Gasteiger charge is -2.46. The van der Waals surface area contributed by atoms with Crippen molar-refractivity contribution in [3.05, 3.63) is 23.5 Å². The van der Waals surface area contributed by atoms with Crippen LogP contribution in [0.3, 0.4) is 0 Å². The summed E-state index contributed by atoms with van der Waals surface area (Å²) in [7, 11) is 0. The van der Waals surface area contributed by atoms with Crippen molar-refractivity contribution in [3.8, 4) is 0 Å². The van der Waals surface area contributed by atoms with Crippen molar-refractivity contribution in [2.75, 3.05) is 0 Å². The molecule has 1 spiro atoms. The monoisotopic (exact) mass is 288 g/mol. The zero-order chi connectivity index (χ0) is 14.8. The molecule has 0 radical (unpaired) electrons. The average Bonchev–Trinajstić information content (AvgIpc) is 2.94. The molecule has 2 bridgehead atoms. The predicted octanol–water partition coefficient (Wildman–Crippen LogP) is 1.88. The third-order valence-electron chi connectivity index (χ3n) is 5.29. The number of carbonyl (C=O) groups excluding carboxylic acids is 3. The Kier molecular flexibility index (Phi) is 2.47. The van der Waals surface area contributed by atoms with Crippen LogP contribution in [0.4, 0.5) is 0 Å². The highest BCUT2D eigenvalue weighted by molar-refractivity contribution is 6.03. The number of rotatable bonds is 2. The lowest BCUT2D eigenvalue weighted by Crippen LogP contribution is -2.49. The summed E-state index contributed by atoms with van der Waals surface area (Å²) in [6, 6.07) is 0. The minimum absolute atomic E-state index is 0.0797. The normalized spacial score (nSPS) is 41.8. The number of unbranched alkanes of at least 4 members (excludes halogenated alkanes) is 1. The van der Waals surface area contributed by atoms with E-state index in [9.17, 15) is 14.4 Å². The van der Waals surface area contributed by atoms with Gasteiger partial charge in [0, 0.05) is 5.57 Å². The van der Waals surface area contributed by atoms with E-state index >= 15 is 0 Å². The van der Waals surface area contributed by atoms with E-state index in [4.69, 9.17) is 9.47 Å². The van der Waals surface area contributed by atoms with E-state index in [1.165, 1.54) is 0 Å². The van der Waals surface area contributed by atoms with Crippen molar-refractivity contribution in [2.45, 2.75) is 32.6 Å². The van der Waals surface area contributed by atoms with E-state index in [2.05, 4.69) is 0 Å². The standard InChI is InChI=1S/C16H16O5/c1-2-3-4-10-16-6-5-8(7-9(16)13(17)20-10)11-12(16)15(19)21-14(11)18/h4,7-8,11-12H,2-3,5-6H2,1H3/b10-4-/t8-,11+,12-,16+/m0/s1. The van der Waals surface area contributed by atoms with Crippen LogP contribution in [0.1, 0.15) is 32.6 Å². The third-order valence-corrected chi connectivity index (χ3v) is 5.29. The van der Waals surface area contributed by atoms with E-state index in [0.29, 0.717) is 17.8 Å². The maximum atomic E-state index is 12.2. The minimum atomic E-state index is -0.755. The minimum Gasteiger partial charge on any atom is -0.427 e. The van der Waals surface area contributed by atoms with Crippen molar-refractivity contribution in [1.29, 1.82) is 0 Å². The van der Waals surface area contributed by atoms with Crippen LogP contribution in [0.5, 0.6) is 0 Å². The number of allylic oxidation sites excluding steroid dienone is 3. The van der Waals surface area contributed by atoms with Gasteiger partial charge in [0.2, 0.25) is 0 Å². The van der Waals surface area contributed by atoms with Crippen LogP contribution < -0.4 is 0 Å². The Bertz CT molecular complexity index is 629. The summed E-state index contributed by atoms with van der Waals surface area (Å²) in [5.41, 5.74) is -0.191. The highest BCUT2D eigenvalue weighted by Crippen LogP contribution is 2.65. The van der Waals surface area contributed by atoms with Gasteiger partial charge in [0.05, 0.1) is 17.3 Å². The van der Waals surface area contributed by atoms with E-state index < -0.39 is 29.2 Å². The maximum Gasteiger partial charge on any atom is 0.339 e. The van der Waals surface area contributed by atoms with Crippen molar-refractivity contribution < 1.29 is 23.9 Å². The molecule has 3 fully saturated rings. The summed E-state index contributed by atoms with van der Waals surface area (Å²) in [5, 5.41) is 0. The summed E-state index contributed by atoms with van der Waals surface area (Å²) in [6.45, 7) is 2.04. The van der Waals surface area contributed by atoms with Gasteiger partial charge in [-0.1, -0.05) is 19.4 Å². The Hall–Kier alpha value is -1.91. The number of cyclic esters (lactones) is 3. The van der Waals surface area contributed by atoms with Crippen LogP contribution in [0.2, 0.25) is 0 Å². The van der Waals surface area contributed by atoms with Gasteiger partial charge in [-0.05, 0) is 31.3 Å². The van der Waals surface area contributed by atoms with Crippen molar-refractivity contribution in [2.24, 2.45) is 23.2 Å². The van der Waals surface area contributed by atoms with E-state index in [1.54, 1.807) is 0 Å². The lowest BCUT2D eigenvalue weighted by molar-refractivity contribution is -0.154. The number of hydrogen-bond acceptors (Lipinski definition) is 5. The molecule has 0 amide bonds. The Morgan fingerprint density at radius 1 is 1.29 bits per heavy atom. The molecule has 21 heavy (non-hydrogen) atoms. The first-order chi connectivity index (χ1) is 10.1. The zero-order valence-electron chi connectivity index (χ0n) is 11.8. The van der Waals surface area contributed by atoms with Gasteiger partial charge in [-0.15, -0.1) is 0 Å². The van der Waals surface area contributed by atoms with Gasteiger partial charge in [-0.2, -0.15) is 0 Å². The highest BCUT2D eigenvalue weighted by Gasteiger charge is 2.70. The molecule has 4 atom stereocenters. The molecule has 110 valence electrons. The zero-order valence-corrected chi connectivity index (χ0v) is 11.8. The largest absolute Gasteiger partial charge is 0.427 e. The molecule has 5 aliphatic rings. The molecule has 0 aromatic heterocycles. The summed E-state index contributed by atoms with van der Waals surface area (Å²) in [4.78, 5) is 36.4. The second kappa shape index (κ2) is 4.06. The van der Waals surface area contributed by atoms with Crippen molar-refractivity contribution >= 4 is 17.9 Å². The van der Waals surface area contributed by atoms with E-state index in [1.807, 2.05) is 19.1 Å². The Balaban J connectivity index is 1.91. The number of hydrogen-bond donors (Lipinski definition) is 0. The van der Waals surface area contributed by atoms with Gasteiger partial charge in [-0.3, -0.25) is 9.59 Å². The molecule has 2 aliphatic heterocycles. The SMILES string of the molecule is CCC/C=C1\OC(=O)C2=C[C@@H]3CC[C@@]21[C@@H]1C(=O)OC(=O)[C@H]31. The van der Waals surface area contributed by atoms with Crippen LogP contribution in [-0.4, -0.2) is 17.9 Å². The molecule has 3 aliphatic carbocycles. The highest BCUT2D eigenvalue weighted by atomic mass is 16.6. The van der Waals surface area contributed by atoms with Gasteiger partial charge in [0.1, 0.15) is 5.76 Å². The smallest absolute Gasteiger partial charge is 0.339 e. The first-order valence-corrected chi connectivity index (χ1v) is 7.50. The molecular formula is C16H16O5. The summed E-state index contributed by atoms with van der Waals surface area (Å²) in [5.74, 6) is -1.87. The molecule has 0 unspecified atom stereocenters. The summed E-state index contributed by atoms with van der Waals surface area (Å²) in [6.07, 6.45) is 6.91. The average molecular weight is 288 g/mol. The first kappa shape index (κ1) is 12.8. The molecule has 2 saturated heterocycles. The third kappa shape index (κ3) is 1.39. The quantitative estimate of drug-likeness (QED) is 0.573. The molecular weight excluding hydrogens is 272 g/mol. The van der Waals surface area contributed by atoms with Crippen LogP contribution in [-0.2, 0) is 23.9 Å². The number of fused-ring (bicyclic) bond motifs is 1.